The van der Waals surface area contributed by atoms with Crippen LogP contribution in [-0.2, 0) is 6.42 Å². The van der Waals surface area contributed by atoms with E-state index in [1.165, 1.54) is 11.1 Å². The Balaban J connectivity index is 2.85. The quantitative estimate of drug-likeness (QED) is 0.847. The zero-order valence-electron chi connectivity index (χ0n) is 10.5. The molecule has 3 heteroatoms. The van der Waals surface area contributed by atoms with Gasteiger partial charge in [-0.05, 0) is 42.4 Å². The molecule has 0 heterocycles. The van der Waals surface area contributed by atoms with Gasteiger partial charge in [0.1, 0.15) is 0 Å². The van der Waals surface area contributed by atoms with Crippen LogP contribution in [0.4, 0.5) is 0 Å². The highest BCUT2D eigenvalue weighted by Gasteiger charge is 2.15. The van der Waals surface area contributed by atoms with Gasteiger partial charge in [0.15, 0.2) is 0 Å². The number of halogens is 1. The summed E-state index contributed by atoms with van der Waals surface area (Å²) in [5.41, 5.74) is 2.52. The number of aliphatic hydroxyl groups is 2. The molecule has 1 rings (SSSR count). The van der Waals surface area contributed by atoms with Crippen LogP contribution in [0.25, 0.3) is 0 Å². The first kappa shape index (κ1) is 14.7. The summed E-state index contributed by atoms with van der Waals surface area (Å²) >= 11 is 3.58. The number of aliphatic hydroxyl groups excluding tert-OH is 2. The van der Waals surface area contributed by atoms with Gasteiger partial charge < -0.3 is 10.2 Å². The van der Waals surface area contributed by atoms with Crippen LogP contribution >= 0.6 is 15.9 Å². The van der Waals surface area contributed by atoms with Crippen molar-refractivity contribution >= 4 is 15.9 Å². The first-order valence-electron chi connectivity index (χ1n) is 6.19. The normalized spacial score (nSPS) is 14.6. The molecular formula is C14H21BrO2. The molecule has 0 aliphatic rings. The smallest absolute Gasteiger partial charge is 0.0776 e. The lowest BCUT2D eigenvalue weighted by molar-refractivity contribution is 0.0817. The Hall–Kier alpha value is -0.380. The molecule has 17 heavy (non-hydrogen) atoms. The summed E-state index contributed by atoms with van der Waals surface area (Å²) in [7, 11) is 0. The Morgan fingerprint density at radius 3 is 2.47 bits per heavy atom. The largest absolute Gasteiger partial charge is 0.394 e. The fourth-order valence-corrected chi connectivity index (χ4v) is 2.72. The third-order valence-electron chi connectivity index (χ3n) is 3.19. The van der Waals surface area contributed by atoms with E-state index < -0.39 is 6.10 Å². The van der Waals surface area contributed by atoms with Gasteiger partial charge in [-0.15, -0.1) is 0 Å². The molecule has 0 aliphatic heterocycles. The van der Waals surface area contributed by atoms with E-state index in [0.717, 1.165) is 17.3 Å². The average Bonchev–Trinajstić information content (AvgIpc) is 2.35. The summed E-state index contributed by atoms with van der Waals surface area (Å²) < 4.78 is 1.13. The van der Waals surface area contributed by atoms with Crippen molar-refractivity contribution in [2.75, 3.05) is 6.61 Å². The Bertz CT molecular complexity index is 352. The number of benzene rings is 1. The SMILES string of the molecule is CCc1ccc(C(CC)CC(O)CO)cc1Br. The van der Waals surface area contributed by atoms with Crippen LogP contribution in [-0.4, -0.2) is 22.9 Å². The lowest BCUT2D eigenvalue weighted by atomic mass is 9.90. The van der Waals surface area contributed by atoms with Crippen LogP contribution in [0.3, 0.4) is 0 Å². The fourth-order valence-electron chi connectivity index (χ4n) is 2.05. The highest BCUT2D eigenvalue weighted by molar-refractivity contribution is 9.10. The molecule has 1 aromatic rings. The van der Waals surface area contributed by atoms with Crippen molar-refractivity contribution in [3.05, 3.63) is 33.8 Å². The van der Waals surface area contributed by atoms with E-state index in [1.807, 2.05) is 0 Å². The van der Waals surface area contributed by atoms with Crippen LogP contribution in [0, 0.1) is 0 Å². The Kier molecular flexibility index (Phi) is 6.17. The molecule has 0 saturated carbocycles. The van der Waals surface area contributed by atoms with Crippen LogP contribution in [0.2, 0.25) is 0 Å². The van der Waals surface area contributed by atoms with Crippen molar-refractivity contribution in [2.45, 2.75) is 45.1 Å². The summed E-state index contributed by atoms with van der Waals surface area (Å²) in [4.78, 5) is 0. The molecule has 2 atom stereocenters. The lowest BCUT2D eigenvalue weighted by Gasteiger charge is -2.19. The number of aryl methyl sites for hydroxylation is 1. The first-order valence-corrected chi connectivity index (χ1v) is 6.98. The molecule has 0 aliphatic carbocycles. The maximum Gasteiger partial charge on any atom is 0.0776 e. The van der Waals surface area contributed by atoms with Crippen molar-refractivity contribution in [3.8, 4) is 0 Å². The van der Waals surface area contributed by atoms with E-state index in [-0.39, 0.29) is 6.61 Å². The fraction of sp³-hybridized carbons (Fsp3) is 0.571. The lowest BCUT2D eigenvalue weighted by Crippen LogP contribution is -2.16. The van der Waals surface area contributed by atoms with Gasteiger partial charge in [-0.1, -0.05) is 41.9 Å². The van der Waals surface area contributed by atoms with Crippen LogP contribution in [0.1, 0.15) is 43.7 Å². The van der Waals surface area contributed by atoms with E-state index in [4.69, 9.17) is 5.11 Å². The molecule has 0 aromatic heterocycles. The Labute approximate surface area is 112 Å². The third-order valence-corrected chi connectivity index (χ3v) is 3.93. The van der Waals surface area contributed by atoms with Crippen molar-refractivity contribution in [3.63, 3.8) is 0 Å². The topological polar surface area (TPSA) is 40.5 Å². The minimum absolute atomic E-state index is 0.162. The summed E-state index contributed by atoms with van der Waals surface area (Å²) in [6, 6.07) is 6.40. The van der Waals surface area contributed by atoms with E-state index in [1.54, 1.807) is 0 Å². The number of hydrogen-bond donors (Lipinski definition) is 2. The molecule has 0 fully saturated rings. The van der Waals surface area contributed by atoms with Gasteiger partial charge in [0.2, 0.25) is 0 Å². The maximum atomic E-state index is 9.53. The molecule has 2 nitrogen and oxygen atoms in total. The second-order valence-corrected chi connectivity index (χ2v) is 5.24. The standard InChI is InChI=1S/C14H21BrO2/c1-3-10-5-6-12(8-14(10)15)11(4-2)7-13(17)9-16/h5-6,8,11,13,16-17H,3-4,7,9H2,1-2H3. The molecule has 1 aromatic carbocycles. The van der Waals surface area contributed by atoms with Gasteiger partial charge >= 0.3 is 0 Å². The highest BCUT2D eigenvalue weighted by atomic mass is 79.9. The van der Waals surface area contributed by atoms with Crippen molar-refractivity contribution < 1.29 is 10.2 Å². The van der Waals surface area contributed by atoms with Gasteiger partial charge in [-0.3, -0.25) is 0 Å². The van der Waals surface area contributed by atoms with Gasteiger partial charge in [0, 0.05) is 4.47 Å². The zero-order valence-corrected chi connectivity index (χ0v) is 12.1. The molecule has 0 saturated heterocycles. The molecule has 0 bridgehead atoms. The summed E-state index contributed by atoms with van der Waals surface area (Å²) in [5.74, 6) is 0.305. The van der Waals surface area contributed by atoms with Crippen molar-refractivity contribution in [1.82, 2.24) is 0 Å². The summed E-state index contributed by atoms with van der Waals surface area (Å²) in [6.45, 7) is 4.08. The van der Waals surface area contributed by atoms with Crippen LogP contribution in [0.5, 0.6) is 0 Å². The summed E-state index contributed by atoms with van der Waals surface area (Å²) in [6.07, 6.45) is 1.97. The molecule has 0 radical (unpaired) electrons. The molecular weight excluding hydrogens is 280 g/mol. The third kappa shape index (κ3) is 4.09. The predicted octanol–water partition coefficient (Wildman–Crippen LogP) is 3.25. The Morgan fingerprint density at radius 1 is 1.29 bits per heavy atom. The Morgan fingerprint density at radius 2 is 2.00 bits per heavy atom. The van der Waals surface area contributed by atoms with Gasteiger partial charge in [0.05, 0.1) is 12.7 Å². The number of rotatable bonds is 6. The zero-order chi connectivity index (χ0) is 12.8. The molecule has 0 amide bonds. The van der Waals surface area contributed by atoms with Crippen molar-refractivity contribution in [1.29, 1.82) is 0 Å². The molecule has 2 unspecified atom stereocenters. The minimum Gasteiger partial charge on any atom is -0.394 e. The minimum atomic E-state index is -0.621. The number of hydrogen-bond acceptors (Lipinski definition) is 2. The van der Waals surface area contributed by atoms with E-state index in [2.05, 4.69) is 48.0 Å². The summed E-state index contributed by atoms with van der Waals surface area (Å²) in [5, 5.41) is 18.4. The van der Waals surface area contributed by atoms with E-state index in [9.17, 15) is 5.11 Å². The van der Waals surface area contributed by atoms with E-state index in [0.29, 0.717) is 12.3 Å². The second kappa shape index (κ2) is 7.14. The molecule has 0 spiro atoms. The van der Waals surface area contributed by atoms with Gasteiger partial charge in [-0.25, -0.2) is 0 Å². The highest BCUT2D eigenvalue weighted by Crippen LogP contribution is 2.29. The van der Waals surface area contributed by atoms with Crippen molar-refractivity contribution in [2.24, 2.45) is 0 Å². The van der Waals surface area contributed by atoms with Crippen LogP contribution < -0.4 is 0 Å². The second-order valence-electron chi connectivity index (χ2n) is 4.38. The van der Waals surface area contributed by atoms with Crippen LogP contribution in [0.15, 0.2) is 22.7 Å². The molecule has 2 N–H and O–H groups in total. The van der Waals surface area contributed by atoms with E-state index >= 15 is 0 Å². The monoisotopic (exact) mass is 300 g/mol. The van der Waals surface area contributed by atoms with Gasteiger partial charge in [0.25, 0.3) is 0 Å². The first-order chi connectivity index (χ1) is 8.12. The molecule has 96 valence electrons. The average molecular weight is 301 g/mol. The maximum absolute atomic E-state index is 9.53. The van der Waals surface area contributed by atoms with Gasteiger partial charge in [-0.2, -0.15) is 0 Å². The predicted molar refractivity (Wildman–Crippen MR) is 74.3 cm³/mol.